The molecule has 60 valence electrons. The van der Waals surface area contributed by atoms with Gasteiger partial charge < -0.3 is 9.63 Å². The lowest BCUT2D eigenvalue weighted by Gasteiger charge is -1.78. The van der Waals surface area contributed by atoms with E-state index in [1.165, 1.54) is 6.08 Å². The Morgan fingerprint density at radius 2 is 2.45 bits per heavy atom. The number of rotatable bonds is 2. The summed E-state index contributed by atoms with van der Waals surface area (Å²) in [5.41, 5.74) is 0.494. The molecular weight excluding hydrogens is 189 g/mol. The first-order valence-corrected chi connectivity index (χ1v) is 3.57. The van der Waals surface area contributed by atoms with Crippen molar-refractivity contribution in [3.05, 3.63) is 22.0 Å². The van der Waals surface area contributed by atoms with Gasteiger partial charge in [-0.1, -0.05) is 28.4 Å². The molecule has 0 saturated carbocycles. The standard InChI is InChI=1S/C6H5Cl2NO2/c7-6(8)2-4-1-5(3-10)11-9-4/h1-2,10H,3H2. The van der Waals surface area contributed by atoms with Gasteiger partial charge in [0.15, 0.2) is 5.76 Å². The Hall–Kier alpha value is -0.510. The fourth-order valence-electron chi connectivity index (χ4n) is 0.583. The van der Waals surface area contributed by atoms with Crippen LogP contribution in [0.5, 0.6) is 0 Å². The molecule has 0 atom stereocenters. The van der Waals surface area contributed by atoms with Crippen LogP contribution in [0.2, 0.25) is 0 Å². The van der Waals surface area contributed by atoms with Crippen molar-refractivity contribution < 1.29 is 9.63 Å². The topological polar surface area (TPSA) is 46.3 Å². The Kier molecular flexibility index (Phi) is 2.93. The van der Waals surface area contributed by atoms with Crippen molar-refractivity contribution in [2.45, 2.75) is 6.61 Å². The third kappa shape index (κ3) is 2.54. The highest BCUT2D eigenvalue weighted by Crippen LogP contribution is 2.13. The normalized spacial score (nSPS) is 9.73. The van der Waals surface area contributed by atoms with E-state index in [-0.39, 0.29) is 11.1 Å². The molecule has 0 amide bonds. The van der Waals surface area contributed by atoms with Crippen LogP contribution in [-0.2, 0) is 6.61 Å². The lowest BCUT2D eigenvalue weighted by molar-refractivity contribution is 0.229. The molecule has 11 heavy (non-hydrogen) atoms. The summed E-state index contributed by atoms with van der Waals surface area (Å²) in [5, 5.41) is 12.1. The van der Waals surface area contributed by atoms with Crippen LogP contribution in [-0.4, -0.2) is 10.3 Å². The van der Waals surface area contributed by atoms with Crippen LogP contribution in [0.15, 0.2) is 15.1 Å². The molecule has 1 heterocycles. The van der Waals surface area contributed by atoms with Gasteiger partial charge in [0, 0.05) is 6.07 Å². The van der Waals surface area contributed by atoms with Crippen molar-refractivity contribution in [2.75, 3.05) is 0 Å². The number of aliphatic hydroxyl groups excluding tert-OH is 1. The van der Waals surface area contributed by atoms with Crippen molar-refractivity contribution in [1.82, 2.24) is 5.16 Å². The minimum Gasteiger partial charge on any atom is -0.388 e. The molecule has 0 aromatic carbocycles. The zero-order valence-electron chi connectivity index (χ0n) is 5.42. The third-order valence-corrected chi connectivity index (χ3v) is 1.21. The summed E-state index contributed by atoms with van der Waals surface area (Å²) in [5.74, 6) is 0.380. The van der Waals surface area contributed by atoms with Crippen LogP contribution >= 0.6 is 23.2 Å². The summed E-state index contributed by atoms with van der Waals surface area (Å²) in [6.07, 6.45) is 1.42. The molecule has 0 bridgehead atoms. The molecule has 0 aliphatic heterocycles. The fourth-order valence-corrected chi connectivity index (χ4v) is 0.807. The Bertz CT molecular complexity index is 265. The van der Waals surface area contributed by atoms with Crippen molar-refractivity contribution in [1.29, 1.82) is 0 Å². The maximum absolute atomic E-state index is 8.56. The number of nitrogens with zero attached hydrogens (tertiary/aromatic N) is 1. The van der Waals surface area contributed by atoms with E-state index in [1.54, 1.807) is 6.07 Å². The highest BCUT2D eigenvalue weighted by molar-refractivity contribution is 6.57. The Balaban J connectivity index is 2.81. The number of aromatic nitrogens is 1. The van der Waals surface area contributed by atoms with Gasteiger partial charge in [-0.15, -0.1) is 0 Å². The molecule has 1 aromatic heterocycles. The average Bonchev–Trinajstić information content (AvgIpc) is 2.34. The summed E-state index contributed by atoms with van der Waals surface area (Å²) in [6.45, 7) is -0.180. The highest BCUT2D eigenvalue weighted by Gasteiger charge is 1.99. The van der Waals surface area contributed by atoms with Crippen molar-refractivity contribution in [3.8, 4) is 0 Å². The lowest BCUT2D eigenvalue weighted by Crippen LogP contribution is -1.73. The third-order valence-electron chi connectivity index (χ3n) is 0.990. The number of aliphatic hydroxyl groups is 1. The summed E-state index contributed by atoms with van der Waals surface area (Å²) in [6, 6.07) is 1.55. The molecule has 0 aliphatic carbocycles. The van der Waals surface area contributed by atoms with Crippen LogP contribution in [0.4, 0.5) is 0 Å². The maximum Gasteiger partial charge on any atom is 0.162 e. The molecule has 0 fully saturated rings. The maximum atomic E-state index is 8.56. The second kappa shape index (κ2) is 3.76. The second-order valence-electron chi connectivity index (χ2n) is 1.81. The van der Waals surface area contributed by atoms with Crippen LogP contribution < -0.4 is 0 Å². The molecule has 0 unspecified atom stereocenters. The van der Waals surface area contributed by atoms with E-state index in [0.29, 0.717) is 11.5 Å². The van der Waals surface area contributed by atoms with E-state index < -0.39 is 0 Å². The molecule has 3 nitrogen and oxygen atoms in total. The van der Waals surface area contributed by atoms with E-state index in [4.69, 9.17) is 28.3 Å². The van der Waals surface area contributed by atoms with E-state index in [9.17, 15) is 0 Å². The smallest absolute Gasteiger partial charge is 0.162 e. The molecular formula is C6H5Cl2NO2. The monoisotopic (exact) mass is 193 g/mol. The number of hydrogen-bond acceptors (Lipinski definition) is 3. The van der Waals surface area contributed by atoms with Gasteiger partial charge in [0.25, 0.3) is 0 Å². The average molecular weight is 194 g/mol. The van der Waals surface area contributed by atoms with Crippen LogP contribution in [0.3, 0.4) is 0 Å². The minimum absolute atomic E-state index is 0.0998. The van der Waals surface area contributed by atoms with Crippen molar-refractivity contribution in [2.24, 2.45) is 0 Å². The molecule has 0 radical (unpaired) electrons. The summed E-state index contributed by atoms with van der Waals surface area (Å²) < 4.78 is 4.75. The highest BCUT2D eigenvalue weighted by atomic mass is 35.5. The van der Waals surface area contributed by atoms with Gasteiger partial charge >= 0.3 is 0 Å². The first kappa shape index (κ1) is 8.59. The lowest BCUT2D eigenvalue weighted by atomic mass is 10.4. The van der Waals surface area contributed by atoms with Crippen molar-refractivity contribution >= 4 is 29.3 Å². The molecule has 0 saturated heterocycles. The Labute approximate surface area is 73.2 Å². The number of halogens is 2. The molecule has 1 aromatic rings. The van der Waals surface area contributed by atoms with Gasteiger partial charge in [0.1, 0.15) is 16.8 Å². The second-order valence-corrected chi connectivity index (χ2v) is 2.82. The Morgan fingerprint density at radius 3 is 2.91 bits per heavy atom. The van der Waals surface area contributed by atoms with Gasteiger partial charge in [-0.3, -0.25) is 0 Å². The van der Waals surface area contributed by atoms with Crippen LogP contribution in [0.1, 0.15) is 11.5 Å². The fraction of sp³-hybridized carbons (Fsp3) is 0.167. The van der Waals surface area contributed by atoms with Gasteiger partial charge in [-0.2, -0.15) is 0 Å². The predicted molar refractivity (Wildman–Crippen MR) is 42.1 cm³/mol. The summed E-state index contributed by atoms with van der Waals surface area (Å²) >= 11 is 10.7. The number of hydrogen-bond donors (Lipinski definition) is 1. The quantitative estimate of drug-likeness (QED) is 0.782. The van der Waals surface area contributed by atoms with E-state index in [2.05, 4.69) is 9.68 Å². The van der Waals surface area contributed by atoms with Crippen LogP contribution in [0, 0.1) is 0 Å². The van der Waals surface area contributed by atoms with Crippen LogP contribution in [0.25, 0.3) is 6.08 Å². The van der Waals surface area contributed by atoms with Crippen molar-refractivity contribution in [3.63, 3.8) is 0 Å². The van der Waals surface area contributed by atoms with E-state index in [0.717, 1.165) is 0 Å². The molecule has 0 spiro atoms. The van der Waals surface area contributed by atoms with Gasteiger partial charge in [-0.25, -0.2) is 0 Å². The molecule has 0 aliphatic rings. The first-order chi connectivity index (χ1) is 5.22. The Morgan fingerprint density at radius 1 is 1.73 bits per heavy atom. The van der Waals surface area contributed by atoms with E-state index >= 15 is 0 Å². The SMILES string of the molecule is OCc1cc(C=C(Cl)Cl)no1. The first-order valence-electron chi connectivity index (χ1n) is 2.81. The molecule has 1 rings (SSSR count). The minimum atomic E-state index is -0.180. The largest absolute Gasteiger partial charge is 0.388 e. The molecule has 5 heteroatoms. The molecule has 1 N–H and O–H groups in total. The van der Waals surface area contributed by atoms with E-state index in [1.807, 2.05) is 0 Å². The summed E-state index contributed by atoms with van der Waals surface area (Å²) in [4.78, 5) is 0. The zero-order valence-corrected chi connectivity index (χ0v) is 6.93. The predicted octanol–water partition coefficient (Wildman–Crippen LogP) is 1.94. The van der Waals surface area contributed by atoms with Gasteiger partial charge in [-0.05, 0) is 6.08 Å². The van der Waals surface area contributed by atoms with Gasteiger partial charge in [0.2, 0.25) is 0 Å². The van der Waals surface area contributed by atoms with Gasteiger partial charge in [0.05, 0.1) is 0 Å². The summed E-state index contributed by atoms with van der Waals surface area (Å²) in [7, 11) is 0. The zero-order chi connectivity index (χ0) is 8.27.